The molecule has 1 aromatic carbocycles. The third-order valence-corrected chi connectivity index (χ3v) is 5.62. The van der Waals surface area contributed by atoms with Crippen molar-refractivity contribution in [2.45, 2.75) is 44.6 Å². The molecule has 0 saturated carbocycles. The minimum Gasteiger partial charge on any atom is -0.341 e. The highest BCUT2D eigenvalue weighted by molar-refractivity contribution is 6.42. The van der Waals surface area contributed by atoms with Crippen molar-refractivity contribution < 1.29 is 9.59 Å². The zero-order chi connectivity index (χ0) is 17.1. The molecule has 0 radical (unpaired) electrons. The van der Waals surface area contributed by atoms with E-state index in [1.807, 2.05) is 4.90 Å². The predicted molar refractivity (Wildman–Crippen MR) is 95.6 cm³/mol. The number of nitrogens with zero attached hydrogens (tertiary/aromatic N) is 2. The first-order valence-electron chi connectivity index (χ1n) is 8.63. The molecule has 6 heteroatoms. The molecule has 24 heavy (non-hydrogen) atoms. The van der Waals surface area contributed by atoms with E-state index < -0.39 is 0 Å². The molecule has 0 unspecified atom stereocenters. The SMILES string of the molecule is O=C([C@@H]1CCCN1C(=O)c1ccc(Cl)c(Cl)c1)N1CCCCCC1. The molecule has 2 heterocycles. The summed E-state index contributed by atoms with van der Waals surface area (Å²) >= 11 is 11.9. The third kappa shape index (κ3) is 3.70. The Labute approximate surface area is 152 Å². The van der Waals surface area contributed by atoms with Crippen LogP contribution in [0.2, 0.25) is 10.0 Å². The van der Waals surface area contributed by atoms with E-state index in [0.29, 0.717) is 22.2 Å². The van der Waals surface area contributed by atoms with Crippen molar-refractivity contribution in [2.24, 2.45) is 0 Å². The number of amides is 2. The van der Waals surface area contributed by atoms with E-state index in [1.165, 1.54) is 12.8 Å². The lowest BCUT2D eigenvalue weighted by molar-refractivity contribution is -0.135. The first-order chi connectivity index (χ1) is 11.6. The van der Waals surface area contributed by atoms with E-state index in [4.69, 9.17) is 23.2 Å². The number of halogens is 2. The van der Waals surface area contributed by atoms with Gasteiger partial charge in [0.15, 0.2) is 0 Å². The molecule has 2 fully saturated rings. The van der Waals surface area contributed by atoms with Crippen LogP contribution in [0.25, 0.3) is 0 Å². The molecule has 3 rings (SSSR count). The van der Waals surface area contributed by atoms with Crippen molar-refractivity contribution in [1.82, 2.24) is 9.80 Å². The van der Waals surface area contributed by atoms with Crippen LogP contribution in [0.4, 0.5) is 0 Å². The average molecular weight is 369 g/mol. The highest BCUT2D eigenvalue weighted by Gasteiger charge is 2.37. The molecular formula is C18H22Cl2N2O2. The summed E-state index contributed by atoms with van der Waals surface area (Å²) in [7, 11) is 0. The predicted octanol–water partition coefficient (Wildman–Crippen LogP) is 4.00. The van der Waals surface area contributed by atoms with Crippen LogP contribution in [0, 0.1) is 0 Å². The Kier molecular flexibility index (Phi) is 5.67. The van der Waals surface area contributed by atoms with Gasteiger partial charge in [0.25, 0.3) is 5.91 Å². The van der Waals surface area contributed by atoms with Gasteiger partial charge in [-0.3, -0.25) is 9.59 Å². The van der Waals surface area contributed by atoms with Crippen molar-refractivity contribution in [3.63, 3.8) is 0 Å². The van der Waals surface area contributed by atoms with Gasteiger partial charge >= 0.3 is 0 Å². The number of benzene rings is 1. The van der Waals surface area contributed by atoms with Crippen molar-refractivity contribution in [3.8, 4) is 0 Å². The Morgan fingerprint density at radius 1 is 0.917 bits per heavy atom. The first-order valence-corrected chi connectivity index (χ1v) is 9.38. The highest BCUT2D eigenvalue weighted by Crippen LogP contribution is 2.27. The zero-order valence-electron chi connectivity index (χ0n) is 13.6. The third-order valence-electron chi connectivity index (χ3n) is 4.88. The molecule has 2 amide bonds. The number of hydrogen-bond donors (Lipinski definition) is 0. The van der Waals surface area contributed by atoms with E-state index in [-0.39, 0.29) is 17.9 Å². The lowest BCUT2D eigenvalue weighted by Crippen LogP contribution is -2.48. The van der Waals surface area contributed by atoms with E-state index in [0.717, 1.165) is 38.8 Å². The molecule has 130 valence electrons. The number of hydrogen-bond acceptors (Lipinski definition) is 2. The fourth-order valence-corrected chi connectivity index (χ4v) is 3.86. The maximum absolute atomic E-state index is 12.9. The maximum Gasteiger partial charge on any atom is 0.254 e. The van der Waals surface area contributed by atoms with Crippen LogP contribution >= 0.6 is 23.2 Å². The summed E-state index contributed by atoms with van der Waals surface area (Å²) in [5.74, 6) is -0.0398. The average Bonchev–Trinajstić information content (AvgIpc) is 2.91. The van der Waals surface area contributed by atoms with Crippen LogP contribution in [0.3, 0.4) is 0 Å². The molecule has 0 spiro atoms. The summed E-state index contributed by atoms with van der Waals surface area (Å²) in [6.45, 7) is 2.23. The van der Waals surface area contributed by atoms with Crippen LogP contribution in [0.15, 0.2) is 18.2 Å². The Balaban J connectivity index is 1.75. The number of likely N-dealkylation sites (tertiary alicyclic amines) is 2. The minimum atomic E-state index is -0.343. The molecule has 4 nitrogen and oxygen atoms in total. The molecule has 0 bridgehead atoms. The molecule has 1 atom stereocenters. The Morgan fingerprint density at radius 3 is 2.29 bits per heavy atom. The molecular weight excluding hydrogens is 347 g/mol. The van der Waals surface area contributed by atoms with Gasteiger partial charge in [-0.15, -0.1) is 0 Å². The second-order valence-electron chi connectivity index (χ2n) is 6.52. The van der Waals surface area contributed by atoms with E-state index in [1.54, 1.807) is 23.1 Å². The molecule has 0 aromatic heterocycles. The summed E-state index contributed by atoms with van der Waals surface area (Å²) in [6, 6.07) is 4.53. The van der Waals surface area contributed by atoms with E-state index in [9.17, 15) is 9.59 Å². The highest BCUT2D eigenvalue weighted by atomic mass is 35.5. The van der Waals surface area contributed by atoms with Gasteiger partial charge < -0.3 is 9.80 Å². The van der Waals surface area contributed by atoms with Gasteiger partial charge in [0.2, 0.25) is 5.91 Å². The van der Waals surface area contributed by atoms with Gasteiger partial charge in [-0.05, 0) is 43.9 Å². The molecule has 2 saturated heterocycles. The van der Waals surface area contributed by atoms with Crippen LogP contribution in [-0.2, 0) is 4.79 Å². The Hall–Kier alpha value is -1.26. The number of rotatable bonds is 2. The lowest BCUT2D eigenvalue weighted by Gasteiger charge is -2.29. The largest absolute Gasteiger partial charge is 0.341 e. The fraction of sp³-hybridized carbons (Fsp3) is 0.556. The summed E-state index contributed by atoms with van der Waals surface area (Å²) in [4.78, 5) is 29.4. The maximum atomic E-state index is 12.9. The number of carbonyl (C=O) groups excluding carboxylic acids is 2. The summed E-state index contributed by atoms with van der Waals surface area (Å²) in [6.07, 6.45) is 6.07. The van der Waals surface area contributed by atoms with Crippen LogP contribution in [0.1, 0.15) is 48.9 Å². The van der Waals surface area contributed by atoms with Gasteiger partial charge in [0.05, 0.1) is 10.0 Å². The second-order valence-corrected chi connectivity index (χ2v) is 7.34. The van der Waals surface area contributed by atoms with Crippen molar-refractivity contribution in [1.29, 1.82) is 0 Å². The molecule has 2 aliphatic heterocycles. The Morgan fingerprint density at radius 2 is 1.62 bits per heavy atom. The van der Waals surface area contributed by atoms with Crippen LogP contribution < -0.4 is 0 Å². The van der Waals surface area contributed by atoms with Gasteiger partial charge in [0, 0.05) is 25.2 Å². The van der Waals surface area contributed by atoms with Crippen molar-refractivity contribution in [2.75, 3.05) is 19.6 Å². The van der Waals surface area contributed by atoms with Crippen LogP contribution in [0.5, 0.6) is 0 Å². The van der Waals surface area contributed by atoms with Gasteiger partial charge in [-0.2, -0.15) is 0 Å². The summed E-state index contributed by atoms with van der Waals surface area (Å²) in [5.41, 5.74) is 0.486. The number of carbonyl (C=O) groups is 2. The Bertz CT molecular complexity index is 627. The molecule has 0 N–H and O–H groups in total. The standard InChI is InChI=1S/C18H22Cl2N2O2/c19-14-8-7-13(12-15(14)20)17(23)22-11-5-6-16(22)18(24)21-9-3-1-2-4-10-21/h7-8,12,16H,1-6,9-11H2/t16-/m0/s1. The van der Waals surface area contributed by atoms with Crippen molar-refractivity contribution in [3.05, 3.63) is 33.8 Å². The fourth-order valence-electron chi connectivity index (χ4n) is 3.56. The summed E-state index contributed by atoms with van der Waals surface area (Å²) < 4.78 is 0. The van der Waals surface area contributed by atoms with E-state index >= 15 is 0 Å². The van der Waals surface area contributed by atoms with Gasteiger partial charge in [0.1, 0.15) is 6.04 Å². The van der Waals surface area contributed by atoms with Gasteiger partial charge in [-0.25, -0.2) is 0 Å². The molecule has 2 aliphatic rings. The topological polar surface area (TPSA) is 40.6 Å². The molecule has 1 aromatic rings. The monoisotopic (exact) mass is 368 g/mol. The lowest BCUT2D eigenvalue weighted by atomic mass is 10.1. The minimum absolute atomic E-state index is 0.0998. The first kappa shape index (κ1) is 17.6. The zero-order valence-corrected chi connectivity index (χ0v) is 15.2. The summed E-state index contributed by atoms with van der Waals surface area (Å²) in [5, 5.41) is 0.781. The molecule has 0 aliphatic carbocycles. The van der Waals surface area contributed by atoms with E-state index in [2.05, 4.69) is 0 Å². The van der Waals surface area contributed by atoms with Gasteiger partial charge in [-0.1, -0.05) is 36.0 Å². The quantitative estimate of drug-likeness (QED) is 0.791. The smallest absolute Gasteiger partial charge is 0.254 e. The van der Waals surface area contributed by atoms with Crippen molar-refractivity contribution >= 4 is 35.0 Å². The van der Waals surface area contributed by atoms with Crippen LogP contribution in [-0.4, -0.2) is 47.3 Å². The normalized spacial score (nSPS) is 21.7. The second kappa shape index (κ2) is 7.75.